The number of carbonyl (C=O) groups is 3. The summed E-state index contributed by atoms with van der Waals surface area (Å²) in [5.74, 6) is -3.44. The SMILES string of the molecule is NC(=O)CN(CC(=O)O)C(=O)COc1ccc(F)cc1Cl. The van der Waals surface area contributed by atoms with Crippen molar-refractivity contribution < 1.29 is 28.6 Å². The Morgan fingerprint density at radius 1 is 1.33 bits per heavy atom. The van der Waals surface area contributed by atoms with Crippen molar-refractivity contribution in [2.45, 2.75) is 0 Å². The summed E-state index contributed by atoms with van der Waals surface area (Å²) < 4.78 is 17.9. The largest absolute Gasteiger partial charge is 0.482 e. The molecular formula is C12H12ClFN2O5. The highest BCUT2D eigenvalue weighted by molar-refractivity contribution is 6.32. The van der Waals surface area contributed by atoms with Gasteiger partial charge in [-0.3, -0.25) is 14.4 Å². The lowest BCUT2D eigenvalue weighted by Crippen LogP contribution is -2.43. The van der Waals surface area contributed by atoms with Crippen LogP contribution >= 0.6 is 11.6 Å². The Morgan fingerprint density at radius 2 is 2.00 bits per heavy atom. The molecule has 0 saturated carbocycles. The molecule has 0 unspecified atom stereocenters. The van der Waals surface area contributed by atoms with Gasteiger partial charge >= 0.3 is 5.97 Å². The van der Waals surface area contributed by atoms with Crippen LogP contribution in [0.2, 0.25) is 5.02 Å². The number of amides is 2. The molecule has 0 saturated heterocycles. The molecule has 1 aromatic rings. The van der Waals surface area contributed by atoms with Gasteiger partial charge in [0.2, 0.25) is 5.91 Å². The van der Waals surface area contributed by atoms with Crippen molar-refractivity contribution in [3.63, 3.8) is 0 Å². The summed E-state index contributed by atoms with van der Waals surface area (Å²) in [5, 5.41) is 8.62. The third-order valence-corrected chi connectivity index (χ3v) is 2.57. The number of nitrogens with two attached hydrogens (primary N) is 1. The fourth-order valence-electron chi connectivity index (χ4n) is 1.41. The van der Waals surface area contributed by atoms with Crippen LogP contribution in [-0.4, -0.2) is 47.5 Å². The van der Waals surface area contributed by atoms with E-state index in [-0.39, 0.29) is 10.8 Å². The van der Waals surface area contributed by atoms with Gasteiger partial charge in [-0.2, -0.15) is 0 Å². The first-order valence-electron chi connectivity index (χ1n) is 5.65. The van der Waals surface area contributed by atoms with Crippen LogP contribution in [0.3, 0.4) is 0 Å². The molecule has 0 atom stereocenters. The van der Waals surface area contributed by atoms with Gasteiger partial charge in [-0.25, -0.2) is 4.39 Å². The van der Waals surface area contributed by atoms with E-state index in [1.807, 2.05) is 0 Å². The summed E-state index contributed by atoms with van der Waals surface area (Å²) in [4.78, 5) is 33.9. The van der Waals surface area contributed by atoms with E-state index in [0.29, 0.717) is 0 Å². The molecule has 0 bridgehead atoms. The Kier molecular flexibility index (Phi) is 5.92. The maximum absolute atomic E-state index is 12.8. The summed E-state index contributed by atoms with van der Waals surface area (Å²) in [5.41, 5.74) is 4.93. The summed E-state index contributed by atoms with van der Waals surface area (Å²) in [6.45, 7) is -1.81. The summed E-state index contributed by atoms with van der Waals surface area (Å²) in [7, 11) is 0. The summed E-state index contributed by atoms with van der Waals surface area (Å²) in [6.07, 6.45) is 0. The van der Waals surface area contributed by atoms with E-state index in [9.17, 15) is 18.8 Å². The van der Waals surface area contributed by atoms with Gasteiger partial charge < -0.3 is 20.5 Å². The lowest BCUT2D eigenvalue weighted by atomic mass is 10.3. The van der Waals surface area contributed by atoms with E-state index in [4.69, 9.17) is 27.2 Å². The summed E-state index contributed by atoms with van der Waals surface area (Å²) >= 11 is 5.70. The second-order valence-corrected chi connectivity index (χ2v) is 4.38. The number of ether oxygens (including phenoxy) is 1. The second kappa shape index (κ2) is 7.44. The minimum Gasteiger partial charge on any atom is -0.482 e. The van der Waals surface area contributed by atoms with E-state index in [1.165, 1.54) is 6.07 Å². The van der Waals surface area contributed by atoms with Crippen molar-refractivity contribution in [1.29, 1.82) is 0 Å². The third-order valence-electron chi connectivity index (χ3n) is 2.27. The number of hydrogen-bond acceptors (Lipinski definition) is 4. The molecule has 0 heterocycles. The van der Waals surface area contributed by atoms with Gasteiger partial charge in [0.05, 0.1) is 5.02 Å². The maximum Gasteiger partial charge on any atom is 0.323 e. The van der Waals surface area contributed by atoms with Crippen molar-refractivity contribution in [3.8, 4) is 5.75 Å². The number of carboxylic acid groups (broad SMARTS) is 1. The smallest absolute Gasteiger partial charge is 0.323 e. The zero-order valence-corrected chi connectivity index (χ0v) is 11.5. The number of aliphatic carboxylic acids is 1. The number of nitrogens with zero attached hydrogens (tertiary/aromatic N) is 1. The van der Waals surface area contributed by atoms with E-state index < -0.39 is 43.3 Å². The van der Waals surface area contributed by atoms with E-state index in [1.54, 1.807) is 0 Å². The molecule has 0 aliphatic heterocycles. The number of rotatable bonds is 7. The zero-order valence-electron chi connectivity index (χ0n) is 10.7. The molecule has 0 spiro atoms. The monoisotopic (exact) mass is 318 g/mol. The third kappa shape index (κ3) is 5.65. The molecule has 0 radical (unpaired) electrons. The van der Waals surface area contributed by atoms with Crippen LogP contribution in [0.15, 0.2) is 18.2 Å². The molecule has 2 amide bonds. The molecule has 0 aliphatic rings. The average Bonchev–Trinajstić information content (AvgIpc) is 2.35. The molecule has 9 heteroatoms. The van der Waals surface area contributed by atoms with E-state index >= 15 is 0 Å². The highest BCUT2D eigenvalue weighted by Gasteiger charge is 2.19. The van der Waals surface area contributed by atoms with Gasteiger partial charge in [0.25, 0.3) is 5.91 Å². The Balaban J connectivity index is 2.68. The minimum atomic E-state index is -1.30. The lowest BCUT2D eigenvalue weighted by molar-refractivity contribution is -0.146. The van der Waals surface area contributed by atoms with Gasteiger partial charge in [0.1, 0.15) is 24.7 Å². The molecule has 0 fully saturated rings. The molecular weight excluding hydrogens is 307 g/mol. The van der Waals surface area contributed by atoms with Crippen LogP contribution in [-0.2, 0) is 14.4 Å². The van der Waals surface area contributed by atoms with Crippen LogP contribution in [0.4, 0.5) is 4.39 Å². The molecule has 1 rings (SSSR count). The van der Waals surface area contributed by atoms with Crippen LogP contribution in [0, 0.1) is 5.82 Å². The fraction of sp³-hybridized carbons (Fsp3) is 0.250. The quantitative estimate of drug-likeness (QED) is 0.749. The van der Waals surface area contributed by atoms with Crippen LogP contribution in [0.1, 0.15) is 0 Å². The standard InChI is InChI=1S/C12H12ClFN2O5/c13-8-3-7(14)1-2-9(8)21-6-11(18)16(4-10(15)17)5-12(19)20/h1-3H,4-6H2,(H2,15,17)(H,19,20). The van der Waals surface area contributed by atoms with E-state index in [0.717, 1.165) is 17.0 Å². The molecule has 3 N–H and O–H groups in total. The van der Waals surface area contributed by atoms with Crippen LogP contribution < -0.4 is 10.5 Å². The Hall–Kier alpha value is -2.35. The predicted octanol–water partition coefficient (Wildman–Crippen LogP) is 0.256. The molecule has 114 valence electrons. The highest BCUT2D eigenvalue weighted by Crippen LogP contribution is 2.24. The molecule has 21 heavy (non-hydrogen) atoms. The second-order valence-electron chi connectivity index (χ2n) is 3.97. The minimum absolute atomic E-state index is 0.0394. The number of carbonyl (C=O) groups excluding carboxylic acids is 2. The Morgan fingerprint density at radius 3 is 2.52 bits per heavy atom. The van der Waals surface area contributed by atoms with Crippen LogP contribution in [0.5, 0.6) is 5.75 Å². The first kappa shape index (κ1) is 16.7. The van der Waals surface area contributed by atoms with Crippen LogP contribution in [0.25, 0.3) is 0 Å². The first-order chi connectivity index (χ1) is 9.79. The van der Waals surface area contributed by atoms with Crippen molar-refractivity contribution >= 4 is 29.4 Å². The molecule has 0 aromatic heterocycles. The van der Waals surface area contributed by atoms with Gasteiger partial charge in [-0.05, 0) is 18.2 Å². The molecule has 1 aromatic carbocycles. The number of primary amides is 1. The highest BCUT2D eigenvalue weighted by atomic mass is 35.5. The predicted molar refractivity (Wildman–Crippen MR) is 70.3 cm³/mol. The van der Waals surface area contributed by atoms with E-state index in [2.05, 4.69) is 0 Å². The lowest BCUT2D eigenvalue weighted by Gasteiger charge is -2.19. The molecule has 7 nitrogen and oxygen atoms in total. The Bertz CT molecular complexity index is 551. The number of hydrogen-bond donors (Lipinski definition) is 2. The van der Waals surface area contributed by atoms with Crippen molar-refractivity contribution in [2.75, 3.05) is 19.7 Å². The number of carboxylic acids is 1. The van der Waals surface area contributed by atoms with Gasteiger partial charge in [-0.15, -0.1) is 0 Å². The normalized spacial score (nSPS) is 10.0. The zero-order chi connectivity index (χ0) is 16.0. The number of benzene rings is 1. The number of halogens is 2. The van der Waals surface area contributed by atoms with Crippen molar-refractivity contribution in [2.24, 2.45) is 5.73 Å². The topological polar surface area (TPSA) is 110 Å². The van der Waals surface area contributed by atoms with Crippen molar-refractivity contribution in [3.05, 3.63) is 29.0 Å². The summed E-state index contributed by atoms with van der Waals surface area (Å²) in [6, 6.07) is 3.31. The maximum atomic E-state index is 12.8. The van der Waals surface area contributed by atoms with Gasteiger partial charge in [0, 0.05) is 0 Å². The van der Waals surface area contributed by atoms with Gasteiger partial charge in [-0.1, -0.05) is 11.6 Å². The first-order valence-corrected chi connectivity index (χ1v) is 6.03. The average molecular weight is 319 g/mol. The van der Waals surface area contributed by atoms with Gasteiger partial charge in [0.15, 0.2) is 6.61 Å². The molecule has 0 aliphatic carbocycles. The van der Waals surface area contributed by atoms with Crippen molar-refractivity contribution in [1.82, 2.24) is 4.90 Å². The fourth-order valence-corrected chi connectivity index (χ4v) is 1.63. The Labute approximate surface area is 124 Å².